The van der Waals surface area contributed by atoms with Crippen molar-refractivity contribution in [1.82, 2.24) is 0 Å². The van der Waals surface area contributed by atoms with Crippen LogP contribution in [0, 0.1) is 0 Å². The maximum absolute atomic E-state index is 12.6. The van der Waals surface area contributed by atoms with Gasteiger partial charge in [-0.2, -0.15) is 0 Å². The molecular weight excluding hydrogens is 206 g/mol. The van der Waals surface area contributed by atoms with Gasteiger partial charge in [0.2, 0.25) is 0 Å². The highest BCUT2D eigenvalue weighted by Gasteiger charge is 2.11. The summed E-state index contributed by atoms with van der Waals surface area (Å²) in [6.45, 7) is 0. The second kappa shape index (κ2) is 3.54. The predicted molar refractivity (Wildman–Crippen MR) is 53.9 cm³/mol. The van der Waals surface area contributed by atoms with E-state index < -0.39 is 6.43 Å². The van der Waals surface area contributed by atoms with Gasteiger partial charge in [-0.1, -0.05) is 41.9 Å². The van der Waals surface area contributed by atoms with Crippen LogP contribution in [0.3, 0.4) is 0 Å². The highest BCUT2D eigenvalue weighted by molar-refractivity contribution is 6.35. The highest BCUT2D eigenvalue weighted by Crippen LogP contribution is 2.31. The third-order valence-electron chi connectivity index (χ3n) is 2.14. The summed E-state index contributed by atoms with van der Waals surface area (Å²) in [5.41, 5.74) is 0.0324. The van der Waals surface area contributed by atoms with Gasteiger partial charge in [0.1, 0.15) is 0 Å². The number of halogens is 3. The van der Waals surface area contributed by atoms with E-state index in [0.29, 0.717) is 15.8 Å². The number of benzene rings is 2. The molecule has 0 radical (unpaired) electrons. The lowest BCUT2D eigenvalue weighted by atomic mass is 10.1. The van der Waals surface area contributed by atoms with Crippen LogP contribution < -0.4 is 0 Å². The number of rotatable bonds is 1. The van der Waals surface area contributed by atoms with Gasteiger partial charge in [0.05, 0.1) is 0 Å². The van der Waals surface area contributed by atoms with Crippen molar-refractivity contribution in [3.8, 4) is 0 Å². The second-order valence-corrected chi connectivity index (χ2v) is 3.39. The van der Waals surface area contributed by atoms with Gasteiger partial charge in [-0.15, -0.1) is 0 Å². The summed E-state index contributed by atoms with van der Waals surface area (Å²) in [7, 11) is 0. The Hall–Kier alpha value is -1.15. The quantitative estimate of drug-likeness (QED) is 0.656. The lowest BCUT2D eigenvalue weighted by Gasteiger charge is -2.05. The fraction of sp³-hybridized carbons (Fsp3) is 0.0909. The number of hydrogen-bond acceptors (Lipinski definition) is 0. The lowest BCUT2D eigenvalue weighted by molar-refractivity contribution is 0.153. The minimum atomic E-state index is -2.46. The Labute approximate surface area is 85.1 Å². The zero-order chi connectivity index (χ0) is 10.1. The smallest absolute Gasteiger partial charge is 0.205 e. The fourth-order valence-corrected chi connectivity index (χ4v) is 1.72. The standard InChI is InChI=1S/C11H7ClF2/c12-10-6-2-3-7-8(10)4-1-5-9(7)11(13)14/h1-6,11H. The molecule has 2 aromatic rings. The van der Waals surface area contributed by atoms with E-state index in [-0.39, 0.29) is 5.56 Å². The second-order valence-electron chi connectivity index (χ2n) is 2.98. The molecule has 0 aliphatic carbocycles. The summed E-state index contributed by atoms with van der Waals surface area (Å²) >= 11 is 5.89. The molecule has 2 rings (SSSR count). The first-order chi connectivity index (χ1) is 6.70. The zero-order valence-electron chi connectivity index (χ0n) is 7.18. The summed E-state index contributed by atoms with van der Waals surface area (Å²) in [5.74, 6) is 0. The van der Waals surface area contributed by atoms with Crippen molar-refractivity contribution in [3.63, 3.8) is 0 Å². The van der Waals surface area contributed by atoms with Gasteiger partial charge >= 0.3 is 0 Å². The average Bonchev–Trinajstić information content (AvgIpc) is 2.17. The summed E-state index contributed by atoms with van der Waals surface area (Å²) in [6.07, 6.45) is -2.46. The van der Waals surface area contributed by atoms with Gasteiger partial charge in [0, 0.05) is 16.0 Å². The van der Waals surface area contributed by atoms with Gasteiger partial charge in [-0.3, -0.25) is 0 Å². The molecule has 0 aliphatic heterocycles. The van der Waals surface area contributed by atoms with Gasteiger partial charge in [0.25, 0.3) is 6.43 Å². The summed E-state index contributed by atoms with van der Waals surface area (Å²) in [5, 5.41) is 1.70. The molecule has 0 unspecified atom stereocenters. The summed E-state index contributed by atoms with van der Waals surface area (Å²) in [6, 6.07) is 9.78. The van der Waals surface area contributed by atoms with Crippen molar-refractivity contribution in [1.29, 1.82) is 0 Å². The first-order valence-corrected chi connectivity index (χ1v) is 4.53. The van der Waals surface area contributed by atoms with E-state index in [1.807, 2.05) is 0 Å². The summed E-state index contributed by atoms with van der Waals surface area (Å²) < 4.78 is 25.2. The van der Waals surface area contributed by atoms with Gasteiger partial charge in [-0.25, -0.2) is 8.78 Å². The summed E-state index contributed by atoms with van der Waals surface area (Å²) in [4.78, 5) is 0. The largest absolute Gasteiger partial charge is 0.264 e. The molecule has 3 heteroatoms. The Kier molecular flexibility index (Phi) is 2.38. The molecule has 0 aliphatic rings. The van der Waals surface area contributed by atoms with Gasteiger partial charge in [0.15, 0.2) is 0 Å². The van der Waals surface area contributed by atoms with E-state index in [0.717, 1.165) is 0 Å². The van der Waals surface area contributed by atoms with Crippen LogP contribution in [0.5, 0.6) is 0 Å². The highest BCUT2D eigenvalue weighted by atomic mass is 35.5. The fourth-order valence-electron chi connectivity index (χ4n) is 1.49. The SMILES string of the molecule is FC(F)c1cccc2c(Cl)cccc12. The van der Waals surface area contributed by atoms with Crippen LogP contribution in [0.15, 0.2) is 36.4 Å². The van der Waals surface area contributed by atoms with E-state index in [2.05, 4.69) is 0 Å². The molecule has 0 amide bonds. The maximum atomic E-state index is 12.6. The van der Waals surface area contributed by atoms with E-state index in [1.165, 1.54) is 6.07 Å². The van der Waals surface area contributed by atoms with Crippen LogP contribution in [-0.4, -0.2) is 0 Å². The topological polar surface area (TPSA) is 0 Å². The average molecular weight is 213 g/mol. The van der Waals surface area contributed by atoms with E-state index >= 15 is 0 Å². The molecule has 2 aromatic carbocycles. The molecule has 0 fully saturated rings. The van der Waals surface area contributed by atoms with E-state index in [4.69, 9.17) is 11.6 Å². The monoisotopic (exact) mass is 212 g/mol. The number of alkyl halides is 2. The maximum Gasteiger partial charge on any atom is 0.264 e. The van der Waals surface area contributed by atoms with Gasteiger partial charge in [-0.05, 0) is 11.5 Å². The van der Waals surface area contributed by atoms with Crippen LogP contribution in [0.2, 0.25) is 5.02 Å². The van der Waals surface area contributed by atoms with Crippen molar-refractivity contribution < 1.29 is 8.78 Å². The molecule has 0 bridgehead atoms. The third-order valence-corrected chi connectivity index (χ3v) is 2.47. The minimum Gasteiger partial charge on any atom is -0.205 e. The molecule has 0 heterocycles. The van der Waals surface area contributed by atoms with Crippen molar-refractivity contribution >= 4 is 22.4 Å². The van der Waals surface area contributed by atoms with E-state index in [9.17, 15) is 8.78 Å². The predicted octanol–water partition coefficient (Wildman–Crippen LogP) is 4.43. The van der Waals surface area contributed by atoms with Crippen molar-refractivity contribution in [2.24, 2.45) is 0 Å². The Bertz CT molecular complexity index is 466. The molecule has 0 nitrogen and oxygen atoms in total. The molecule has 14 heavy (non-hydrogen) atoms. The minimum absolute atomic E-state index is 0.0324. The molecular formula is C11H7ClF2. The first-order valence-electron chi connectivity index (χ1n) is 4.15. The van der Waals surface area contributed by atoms with Gasteiger partial charge < -0.3 is 0 Å². The third kappa shape index (κ3) is 1.46. The Morgan fingerprint density at radius 3 is 2.29 bits per heavy atom. The lowest BCUT2D eigenvalue weighted by Crippen LogP contribution is -1.86. The number of fused-ring (bicyclic) bond motifs is 1. The van der Waals surface area contributed by atoms with Crippen molar-refractivity contribution in [3.05, 3.63) is 47.0 Å². The Morgan fingerprint density at radius 2 is 1.57 bits per heavy atom. The molecule has 0 aromatic heterocycles. The molecule has 0 N–H and O–H groups in total. The first kappa shape index (κ1) is 9.41. The van der Waals surface area contributed by atoms with Crippen LogP contribution in [-0.2, 0) is 0 Å². The molecule has 0 atom stereocenters. The zero-order valence-corrected chi connectivity index (χ0v) is 7.93. The Balaban J connectivity index is 2.81. The normalized spacial score (nSPS) is 11.1. The number of hydrogen-bond donors (Lipinski definition) is 0. The molecule has 0 saturated heterocycles. The molecule has 72 valence electrons. The molecule has 0 saturated carbocycles. The van der Waals surface area contributed by atoms with Crippen LogP contribution in [0.1, 0.15) is 12.0 Å². The molecule has 0 spiro atoms. The van der Waals surface area contributed by atoms with Crippen LogP contribution in [0.4, 0.5) is 8.78 Å². The van der Waals surface area contributed by atoms with E-state index in [1.54, 1.807) is 30.3 Å². The van der Waals surface area contributed by atoms with Crippen LogP contribution in [0.25, 0.3) is 10.8 Å². The Morgan fingerprint density at radius 1 is 0.929 bits per heavy atom. The van der Waals surface area contributed by atoms with Crippen molar-refractivity contribution in [2.75, 3.05) is 0 Å². The van der Waals surface area contributed by atoms with Crippen molar-refractivity contribution in [2.45, 2.75) is 6.43 Å². The van der Waals surface area contributed by atoms with Crippen LogP contribution >= 0.6 is 11.6 Å².